The zero-order chi connectivity index (χ0) is 28.6. The summed E-state index contributed by atoms with van der Waals surface area (Å²) >= 11 is 8.65. The summed E-state index contributed by atoms with van der Waals surface area (Å²) in [5.41, 5.74) is 3.20. The van der Waals surface area contributed by atoms with Crippen LogP contribution in [0.3, 0.4) is 0 Å². The summed E-state index contributed by atoms with van der Waals surface area (Å²) in [6, 6.07) is 9.24. The maximum Gasteiger partial charge on any atom is 0.349 e. The van der Waals surface area contributed by atoms with Crippen molar-refractivity contribution in [1.29, 1.82) is 0 Å². The molecule has 2 aliphatic carbocycles. The molecule has 8 nitrogen and oxygen atoms in total. The summed E-state index contributed by atoms with van der Waals surface area (Å²) < 4.78 is 8.44. The van der Waals surface area contributed by atoms with Crippen molar-refractivity contribution in [2.24, 2.45) is 0 Å². The van der Waals surface area contributed by atoms with E-state index in [1.807, 2.05) is 22.2 Å². The highest BCUT2D eigenvalue weighted by Gasteiger charge is 2.45. The summed E-state index contributed by atoms with van der Waals surface area (Å²) in [6.45, 7) is 1.69. The van der Waals surface area contributed by atoms with E-state index >= 15 is 0 Å². The van der Waals surface area contributed by atoms with Crippen LogP contribution in [0.2, 0.25) is 4.34 Å². The molecule has 0 bridgehead atoms. The highest BCUT2D eigenvalue weighted by molar-refractivity contribution is 7.16. The zero-order valence-corrected chi connectivity index (χ0v) is 25.3. The van der Waals surface area contributed by atoms with Gasteiger partial charge in [-0.1, -0.05) is 22.9 Å². The van der Waals surface area contributed by atoms with E-state index in [1.54, 1.807) is 18.2 Å². The summed E-state index contributed by atoms with van der Waals surface area (Å²) in [7, 11) is 2.15. The molecule has 0 amide bonds. The number of halogens is 1. The zero-order valence-electron chi connectivity index (χ0n) is 22.9. The number of hydrogen-bond acceptors (Lipinski definition) is 9. The first kappa shape index (κ1) is 28.5. The molecule has 6 rings (SSSR count). The van der Waals surface area contributed by atoms with Gasteiger partial charge in [0.2, 0.25) is 5.60 Å². The molecule has 1 aromatic carbocycles. The molecule has 1 saturated carbocycles. The molecule has 216 valence electrons. The molecule has 1 atom stereocenters. The number of aromatic nitrogens is 3. The minimum absolute atomic E-state index is 0.228. The Bertz CT molecular complexity index is 1540. The molecule has 2 aliphatic rings. The standard InChI is InChI=1S/C30H33ClN4O4S2/c1-34(14-4-15-35-28-23-6-2-5-22(23)19(18-36)17-24(28)32-33-35)20-8-10-21(11-9-20)39-29(37)30(38,25-7-3-16-40-25)26-12-13-27(31)41-26/h3,7,12-13,16-18,20-21,38H,2,4-6,8-11,14-15H2,1H3/t20-,21-,30?. The molecule has 1 fully saturated rings. The molecule has 0 spiro atoms. The molecule has 0 saturated heterocycles. The molecular formula is C30H33ClN4O4S2. The molecule has 3 aromatic heterocycles. The summed E-state index contributed by atoms with van der Waals surface area (Å²) in [4.78, 5) is 28.3. The Labute approximate surface area is 251 Å². The lowest BCUT2D eigenvalue weighted by Crippen LogP contribution is -2.42. The highest BCUT2D eigenvalue weighted by Crippen LogP contribution is 2.40. The van der Waals surface area contributed by atoms with Gasteiger partial charge < -0.3 is 14.7 Å². The molecule has 3 heterocycles. The van der Waals surface area contributed by atoms with Crippen molar-refractivity contribution in [2.45, 2.75) is 75.7 Å². The fraction of sp³-hybridized carbons (Fsp3) is 0.467. The number of rotatable bonds is 10. The lowest BCUT2D eigenvalue weighted by atomic mass is 9.91. The van der Waals surface area contributed by atoms with Gasteiger partial charge in [-0.3, -0.25) is 4.79 Å². The molecule has 4 aromatic rings. The second-order valence-corrected chi connectivity index (χ2v) is 13.7. The van der Waals surface area contributed by atoms with Crippen molar-refractivity contribution in [1.82, 2.24) is 19.9 Å². The van der Waals surface area contributed by atoms with Crippen LogP contribution in [0.15, 0.2) is 35.7 Å². The quantitative estimate of drug-likeness (QED) is 0.183. The molecule has 1 N–H and O–H groups in total. The topological polar surface area (TPSA) is 97.5 Å². The maximum atomic E-state index is 13.4. The third-order valence-corrected chi connectivity index (χ3v) is 10.9. The number of nitrogens with zero attached hydrogens (tertiary/aromatic N) is 4. The lowest BCUT2D eigenvalue weighted by Gasteiger charge is -2.35. The molecule has 41 heavy (non-hydrogen) atoms. The summed E-state index contributed by atoms with van der Waals surface area (Å²) in [6.07, 6.45) is 7.99. The van der Waals surface area contributed by atoms with Gasteiger partial charge in [-0.15, -0.1) is 27.8 Å². The smallest absolute Gasteiger partial charge is 0.349 e. The van der Waals surface area contributed by atoms with Gasteiger partial charge in [-0.25, -0.2) is 9.48 Å². The number of thiophene rings is 2. The van der Waals surface area contributed by atoms with Crippen LogP contribution in [0, 0.1) is 0 Å². The Morgan fingerprint density at radius 1 is 1.22 bits per heavy atom. The number of fused-ring (bicyclic) bond motifs is 3. The second kappa shape index (κ2) is 11.9. The van der Waals surface area contributed by atoms with Gasteiger partial charge in [-0.2, -0.15) is 0 Å². The summed E-state index contributed by atoms with van der Waals surface area (Å²) in [5, 5.41) is 22.2. The van der Waals surface area contributed by atoms with Crippen LogP contribution >= 0.6 is 34.3 Å². The maximum absolute atomic E-state index is 13.4. The molecule has 11 heteroatoms. The minimum Gasteiger partial charge on any atom is -0.460 e. The fourth-order valence-electron chi connectivity index (χ4n) is 6.36. The molecule has 0 aliphatic heterocycles. The van der Waals surface area contributed by atoms with Gasteiger partial charge >= 0.3 is 5.97 Å². The van der Waals surface area contributed by atoms with Gasteiger partial charge in [0, 0.05) is 18.2 Å². The van der Waals surface area contributed by atoms with E-state index in [-0.39, 0.29) is 6.10 Å². The monoisotopic (exact) mass is 612 g/mol. The Kier molecular flexibility index (Phi) is 8.29. The van der Waals surface area contributed by atoms with Gasteiger partial charge in [-0.05, 0) is 106 Å². The van der Waals surface area contributed by atoms with Crippen molar-refractivity contribution in [2.75, 3.05) is 13.6 Å². The predicted octanol–water partition coefficient (Wildman–Crippen LogP) is 5.62. The first-order valence-corrected chi connectivity index (χ1v) is 16.2. The average Bonchev–Trinajstić information content (AvgIpc) is 3.79. The number of hydrogen-bond donors (Lipinski definition) is 1. The Hall–Kier alpha value is -2.63. The van der Waals surface area contributed by atoms with Gasteiger partial charge in [0.1, 0.15) is 17.9 Å². The van der Waals surface area contributed by atoms with E-state index in [0.717, 1.165) is 87.3 Å². The third-order valence-electron chi connectivity index (χ3n) is 8.56. The minimum atomic E-state index is -1.85. The van der Waals surface area contributed by atoms with E-state index in [9.17, 15) is 14.7 Å². The molecule has 1 unspecified atom stereocenters. The van der Waals surface area contributed by atoms with E-state index in [2.05, 4.69) is 22.3 Å². The lowest BCUT2D eigenvalue weighted by molar-refractivity contribution is -0.169. The molecular weight excluding hydrogens is 580 g/mol. The first-order chi connectivity index (χ1) is 19.9. The number of aryl methyl sites for hydroxylation is 2. The van der Waals surface area contributed by atoms with Crippen molar-refractivity contribution in [3.63, 3.8) is 0 Å². The molecule has 0 radical (unpaired) electrons. The van der Waals surface area contributed by atoms with Crippen LogP contribution in [0.25, 0.3) is 11.0 Å². The number of esters is 1. The van der Waals surface area contributed by atoms with E-state index < -0.39 is 11.6 Å². The van der Waals surface area contributed by atoms with Crippen LogP contribution in [0.1, 0.15) is 69.8 Å². The SMILES string of the molecule is CN(CCCn1nnc2cc(C=O)c3c(c21)CCC3)[C@H]1CC[C@H](OC(=O)C(O)(c2cccs2)c2ccc(Cl)s2)CC1. The van der Waals surface area contributed by atoms with E-state index in [1.165, 1.54) is 33.8 Å². The van der Waals surface area contributed by atoms with Gasteiger partial charge in [0.05, 0.1) is 19.6 Å². The van der Waals surface area contributed by atoms with Crippen LogP contribution in [0.4, 0.5) is 0 Å². The third kappa shape index (κ3) is 5.48. The van der Waals surface area contributed by atoms with Crippen LogP contribution < -0.4 is 0 Å². The second-order valence-electron chi connectivity index (χ2n) is 11.0. The van der Waals surface area contributed by atoms with Crippen molar-refractivity contribution in [3.05, 3.63) is 66.5 Å². The largest absolute Gasteiger partial charge is 0.460 e. The van der Waals surface area contributed by atoms with Gasteiger partial charge in [0.15, 0.2) is 0 Å². The number of carbonyl (C=O) groups is 2. The number of aliphatic hydroxyl groups is 1. The predicted molar refractivity (Wildman–Crippen MR) is 161 cm³/mol. The van der Waals surface area contributed by atoms with E-state index in [4.69, 9.17) is 16.3 Å². The van der Waals surface area contributed by atoms with Crippen molar-refractivity contribution < 1.29 is 19.4 Å². The Morgan fingerprint density at radius 3 is 2.73 bits per heavy atom. The van der Waals surface area contributed by atoms with Crippen molar-refractivity contribution in [3.8, 4) is 0 Å². The van der Waals surface area contributed by atoms with Gasteiger partial charge in [0.25, 0.3) is 0 Å². The van der Waals surface area contributed by atoms with E-state index in [0.29, 0.717) is 20.1 Å². The first-order valence-electron chi connectivity index (χ1n) is 14.1. The van der Waals surface area contributed by atoms with Crippen LogP contribution in [0.5, 0.6) is 0 Å². The fourth-order valence-corrected chi connectivity index (χ4v) is 8.39. The average molecular weight is 613 g/mol. The number of benzene rings is 1. The van der Waals surface area contributed by atoms with Crippen molar-refractivity contribution >= 4 is 57.6 Å². The summed E-state index contributed by atoms with van der Waals surface area (Å²) in [5.74, 6) is -0.637. The number of carbonyl (C=O) groups excluding carboxylic acids is 2. The Morgan fingerprint density at radius 2 is 2.02 bits per heavy atom. The number of aldehydes is 1. The Balaban J connectivity index is 1.03. The van der Waals surface area contributed by atoms with Crippen LogP contribution in [-0.4, -0.2) is 63.0 Å². The normalized spacial score (nSPS) is 20.3. The van der Waals surface area contributed by atoms with Crippen LogP contribution in [-0.2, 0) is 34.5 Å². The highest BCUT2D eigenvalue weighted by atomic mass is 35.5. The number of ether oxygens (including phenoxy) is 1.